The van der Waals surface area contributed by atoms with Crippen LogP contribution in [0.1, 0.15) is 13.3 Å². The molecule has 0 aromatic carbocycles. The van der Waals surface area contributed by atoms with Crippen LogP contribution in [0, 0.1) is 17.3 Å². The molecular weight excluding hydrogens is 204 g/mol. The maximum Gasteiger partial charge on any atom is 0.192 e. The van der Waals surface area contributed by atoms with Crippen LogP contribution in [-0.2, 0) is 14.3 Å². The van der Waals surface area contributed by atoms with E-state index in [4.69, 9.17) is 9.47 Å². The molecule has 1 fully saturated rings. The van der Waals surface area contributed by atoms with E-state index in [1.165, 1.54) is 0 Å². The quantitative estimate of drug-likeness (QED) is 0.631. The molecule has 0 saturated carbocycles. The Labute approximate surface area is 95.1 Å². The lowest BCUT2D eigenvalue weighted by Crippen LogP contribution is -2.50. The van der Waals surface area contributed by atoms with Crippen molar-refractivity contribution in [3.8, 4) is 0 Å². The summed E-state index contributed by atoms with van der Waals surface area (Å²) in [6, 6.07) is 0. The zero-order chi connectivity index (χ0) is 11.4. The second-order valence-electron chi connectivity index (χ2n) is 5.18. The van der Waals surface area contributed by atoms with Crippen LogP contribution in [0.25, 0.3) is 0 Å². The summed E-state index contributed by atoms with van der Waals surface area (Å²) in [7, 11) is 1.65. The minimum Gasteiger partial charge on any atom is -0.349 e. The molecule has 3 nitrogen and oxygen atoms in total. The fraction of sp³-hybridized carbons (Fsp3) is 0.615. The van der Waals surface area contributed by atoms with E-state index in [-0.39, 0.29) is 23.0 Å². The molecule has 0 aromatic heterocycles. The number of hydrogen-bond acceptors (Lipinski definition) is 3. The van der Waals surface area contributed by atoms with Gasteiger partial charge in [-0.05, 0) is 18.6 Å². The Balaban J connectivity index is 2.15. The van der Waals surface area contributed by atoms with Crippen molar-refractivity contribution >= 4 is 5.78 Å². The highest BCUT2D eigenvalue weighted by atomic mass is 16.7. The van der Waals surface area contributed by atoms with E-state index in [0.717, 1.165) is 6.42 Å². The predicted molar refractivity (Wildman–Crippen MR) is 58.7 cm³/mol. The molecule has 2 aliphatic carbocycles. The number of ketones is 1. The lowest BCUT2D eigenvalue weighted by atomic mass is 9.61. The predicted octanol–water partition coefficient (Wildman–Crippen LogP) is 1.70. The Morgan fingerprint density at radius 1 is 1.50 bits per heavy atom. The van der Waals surface area contributed by atoms with Gasteiger partial charge in [-0.3, -0.25) is 4.79 Å². The van der Waals surface area contributed by atoms with Gasteiger partial charge in [0.05, 0.1) is 6.61 Å². The van der Waals surface area contributed by atoms with Crippen molar-refractivity contribution in [1.29, 1.82) is 0 Å². The van der Waals surface area contributed by atoms with Crippen molar-refractivity contribution in [3.63, 3.8) is 0 Å². The number of methoxy groups -OCH3 is 1. The summed E-state index contributed by atoms with van der Waals surface area (Å²) in [5.74, 6) is -0.341. The van der Waals surface area contributed by atoms with E-state index in [0.29, 0.717) is 6.61 Å². The molecule has 1 heterocycles. The fourth-order valence-electron chi connectivity index (χ4n) is 3.43. The number of hydrogen-bond donors (Lipinski definition) is 0. The van der Waals surface area contributed by atoms with Gasteiger partial charge in [0.15, 0.2) is 11.6 Å². The lowest BCUT2D eigenvalue weighted by Gasteiger charge is -2.43. The van der Waals surface area contributed by atoms with E-state index in [1.807, 2.05) is 0 Å². The summed E-state index contributed by atoms with van der Waals surface area (Å²) in [4.78, 5) is 11.9. The van der Waals surface area contributed by atoms with Gasteiger partial charge >= 0.3 is 0 Å². The van der Waals surface area contributed by atoms with Gasteiger partial charge in [0, 0.05) is 24.4 Å². The molecule has 0 bridgehead atoms. The minimum absolute atomic E-state index is 0.0162. The summed E-state index contributed by atoms with van der Waals surface area (Å²) >= 11 is 0. The largest absolute Gasteiger partial charge is 0.349 e. The molecule has 1 aliphatic heterocycles. The van der Waals surface area contributed by atoms with Crippen LogP contribution in [0.5, 0.6) is 0 Å². The molecule has 3 heteroatoms. The van der Waals surface area contributed by atoms with E-state index in [9.17, 15) is 4.79 Å². The third kappa shape index (κ3) is 1.08. The van der Waals surface area contributed by atoms with Crippen molar-refractivity contribution in [2.45, 2.75) is 19.1 Å². The SMILES string of the molecule is CO[C@]12C=CC(=O)[C@@H]3CC=C[C@](C)(CO1)[C@@H]32. The molecule has 0 N–H and O–H groups in total. The molecule has 4 atom stereocenters. The van der Waals surface area contributed by atoms with E-state index < -0.39 is 5.79 Å². The maximum absolute atomic E-state index is 11.9. The second-order valence-corrected chi connectivity index (χ2v) is 5.18. The van der Waals surface area contributed by atoms with Gasteiger partial charge in [-0.25, -0.2) is 0 Å². The monoisotopic (exact) mass is 220 g/mol. The van der Waals surface area contributed by atoms with Crippen LogP contribution in [0.4, 0.5) is 0 Å². The minimum atomic E-state index is -0.682. The van der Waals surface area contributed by atoms with Gasteiger partial charge in [0.1, 0.15) is 0 Å². The highest BCUT2D eigenvalue weighted by molar-refractivity contribution is 5.93. The molecular formula is C13H16O3. The zero-order valence-corrected chi connectivity index (χ0v) is 9.60. The van der Waals surface area contributed by atoms with Gasteiger partial charge < -0.3 is 9.47 Å². The molecule has 0 aromatic rings. The zero-order valence-electron chi connectivity index (χ0n) is 9.60. The fourth-order valence-corrected chi connectivity index (χ4v) is 3.43. The number of allylic oxidation sites excluding steroid dienone is 2. The summed E-state index contributed by atoms with van der Waals surface area (Å²) in [6.45, 7) is 2.77. The molecule has 3 rings (SSSR count). The van der Waals surface area contributed by atoms with Crippen molar-refractivity contribution in [1.82, 2.24) is 0 Å². The third-order valence-corrected chi connectivity index (χ3v) is 4.21. The van der Waals surface area contributed by atoms with Crippen molar-refractivity contribution in [2.24, 2.45) is 17.3 Å². The summed E-state index contributed by atoms with van der Waals surface area (Å²) in [6.07, 6.45) is 8.50. The average Bonchev–Trinajstić information content (AvgIpc) is 2.60. The number of ether oxygens (including phenoxy) is 2. The van der Waals surface area contributed by atoms with E-state index in [2.05, 4.69) is 19.1 Å². The van der Waals surface area contributed by atoms with Crippen LogP contribution in [-0.4, -0.2) is 25.3 Å². The standard InChI is InChI=1S/C13H16O3/c1-12-6-3-4-9-10(14)5-7-13(15-2,11(9)12)16-8-12/h3,5-7,9,11H,4,8H2,1-2H3/t9-,11+,12+,13+/m0/s1. The van der Waals surface area contributed by atoms with Gasteiger partial charge in [-0.15, -0.1) is 0 Å². The molecule has 0 spiro atoms. The molecule has 1 saturated heterocycles. The van der Waals surface area contributed by atoms with Crippen LogP contribution in [0.2, 0.25) is 0 Å². The van der Waals surface area contributed by atoms with Crippen LogP contribution in [0.15, 0.2) is 24.3 Å². The topological polar surface area (TPSA) is 35.5 Å². The van der Waals surface area contributed by atoms with Gasteiger partial charge in [-0.2, -0.15) is 0 Å². The molecule has 3 aliphatic rings. The molecule has 0 amide bonds. The number of carbonyl (C=O) groups is 1. The first-order valence-corrected chi connectivity index (χ1v) is 5.71. The first kappa shape index (κ1) is 10.2. The van der Waals surface area contributed by atoms with Gasteiger partial charge in [0.25, 0.3) is 0 Å². The summed E-state index contributed by atoms with van der Waals surface area (Å²) in [5, 5.41) is 0. The number of rotatable bonds is 1. The first-order valence-electron chi connectivity index (χ1n) is 5.71. The molecule has 16 heavy (non-hydrogen) atoms. The highest BCUT2D eigenvalue weighted by Gasteiger charge is 2.61. The third-order valence-electron chi connectivity index (χ3n) is 4.21. The van der Waals surface area contributed by atoms with Crippen molar-refractivity contribution in [3.05, 3.63) is 24.3 Å². The molecule has 0 unspecified atom stereocenters. The van der Waals surface area contributed by atoms with Crippen molar-refractivity contribution in [2.75, 3.05) is 13.7 Å². The Bertz CT molecular complexity index is 398. The van der Waals surface area contributed by atoms with Gasteiger partial charge in [-0.1, -0.05) is 19.1 Å². The van der Waals surface area contributed by atoms with Crippen LogP contribution in [0.3, 0.4) is 0 Å². The Morgan fingerprint density at radius 2 is 2.31 bits per heavy atom. The molecule has 86 valence electrons. The van der Waals surface area contributed by atoms with Gasteiger partial charge in [0.2, 0.25) is 0 Å². The first-order chi connectivity index (χ1) is 7.61. The Hall–Kier alpha value is -0.930. The second kappa shape index (κ2) is 3.05. The van der Waals surface area contributed by atoms with Crippen LogP contribution >= 0.6 is 0 Å². The Morgan fingerprint density at radius 3 is 3.06 bits per heavy atom. The summed E-state index contributed by atoms with van der Waals surface area (Å²) in [5.41, 5.74) is -0.0701. The maximum atomic E-state index is 11.9. The van der Waals surface area contributed by atoms with Crippen LogP contribution < -0.4 is 0 Å². The van der Waals surface area contributed by atoms with Crippen molar-refractivity contribution < 1.29 is 14.3 Å². The average molecular weight is 220 g/mol. The normalized spacial score (nSPS) is 49.5. The van der Waals surface area contributed by atoms with E-state index in [1.54, 1.807) is 19.3 Å². The smallest absolute Gasteiger partial charge is 0.192 e. The molecule has 0 radical (unpaired) electrons. The highest BCUT2D eigenvalue weighted by Crippen LogP contribution is 2.55. The Kier molecular flexibility index (Phi) is 1.95. The van der Waals surface area contributed by atoms with E-state index >= 15 is 0 Å². The lowest BCUT2D eigenvalue weighted by molar-refractivity contribution is -0.193. The summed E-state index contributed by atoms with van der Waals surface area (Å²) < 4.78 is 11.4. The number of carbonyl (C=O) groups excluding carboxylic acids is 1.